The highest BCUT2D eigenvalue weighted by Gasteiger charge is 2.09. The number of anilines is 1. The number of carboxylic acids is 1. The number of hydrogen-bond donors (Lipinski definition) is 2. The number of hydrogen-bond acceptors (Lipinski definition) is 3. The number of rotatable bonds is 4. The van der Waals surface area contributed by atoms with E-state index in [1.165, 1.54) is 6.08 Å². The minimum Gasteiger partial charge on any atom is -0.478 e. The molecule has 0 radical (unpaired) electrons. The number of carbonyl (C=O) groups is 2. The van der Waals surface area contributed by atoms with Gasteiger partial charge in [0.2, 0.25) is 0 Å². The Kier molecular flexibility index (Phi) is 4.18. The van der Waals surface area contributed by atoms with Crippen LogP contribution in [0.3, 0.4) is 0 Å². The number of aryl methyl sites for hydroxylation is 2. The summed E-state index contributed by atoms with van der Waals surface area (Å²) in [4.78, 5) is 26.5. The number of carbonyl (C=O) groups excluding carboxylic acids is 1. The predicted molar refractivity (Wildman–Crippen MR) is 79.0 cm³/mol. The molecule has 0 fully saturated rings. The van der Waals surface area contributed by atoms with Gasteiger partial charge in [-0.1, -0.05) is 6.07 Å². The van der Waals surface area contributed by atoms with Crippen LogP contribution in [-0.2, 0) is 11.8 Å². The number of aliphatic carboxylic acids is 1. The summed E-state index contributed by atoms with van der Waals surface area (Å²) in [5, 5.41) is 11.4. The smallest absolute Gasteiger partial charge is 0.328 e. The van der Waals surface area contributed by atoms with Gasteiger partial charge < -0.3 is 15.0 Å². The van der Waals surface area contributed by atoms with E-state index in [9.17, 15) is 9.59 Å². The molecule has 0 bridgehead atoms. The van der Waals surface area contributed by atoms with Crippen LogP contribution in [0.25, 0.3) is 6.08 Å². The highest BCUT2D eigenvalue weighted by atomic mass is 16.4. The zero-order valence-electron chi connectivity index (χ0n) is 11.7. The first-order valence-electron chi connectivity index (χ1n) is 6.26. The Morgan fingerprint density at radius 2 is 2.10 bits per heavy atom. The number of nitrogens with one attached hydrogen (secondary N) is 1. The second-order valence-corrected chi connectivity index (χ2v) is 4.68. The average molecular weight is 285 g/mol. The van der Waals surface area contributed by atoms with Crippen LogP contribution in [0.1, 0.15) is 21.6 Å². The molecule has 0 unspecified atom stereocenters. The molecule has 1 amide bonds. The van der Waals surface area contributed by atoms with Gasteiger partial charge in [-0.2, -0.15) is 0 Å². The maximum atomic E-state index is 12.0. The van der Waals surface area contributed by atoms with E-state index in [4.69, 9.17) is 5.11 Å². The number of carboxylic acid groups (broad SMARTS) is 1. The summed E-state index contributed by atoms with van der Waals surface area (Å²) in [6.07, 6.45) is 5.70. The summed E-state index contributed by atoms with van der Waals surface area (Å²) >= 11 is 0. The molecular weight excluding hydrogens is 270 g/mol. The Balaban J connectivity index is 2.20. The Hall–Kier alpha value is -2.89. The molecule has 0 saturated carbocycles. The average Bonchev–Trinajstić information content (AvgIpc) is 2.82. The zero-order valence-corrected chi connectivity index (χ0v) is 11.7. The van der Waals surface area contributed by atoms with E-state index in [0.717, 1.165) is 11.6 Å². The second-order valence-electron chi connectivity index (χ2n) is 4.68. The maximum absolute atomic E-state index is 12.0. The van der Waals surface area contributed by atoms with Crippen molar-refractivity contribution in [2.24, 2.45) is 7.05 Å². The molecule has 0 atom stereocenters. The van der Waals surface area contributed by atoms with Gasteiger partial charge >= 0.3 is 5.97 Å². The van der Waals surface area contributed by atoms with Crippen molar-refractivity contribution >= 4 is 23.6 Å². The van der Waals surface area contributed by atoms with Crippen molar-refractivity contribution < 1.29 is 14.7 Å². The topological polar surface area (TPSA) is 84.2 Å². The van der Waals surface area contributed by atoms with Crippen molar-refractivity contribution in [1.82, 2.24) is 9.55 Å². The normalized spacial score (nSPS) is 10.8. The fraction of sp³-hybridized carbons (Fsp3) is 0.133. The Bertz CT molecular complexity index is 717. The summed E-state index contributed by atoms with van der Waals surface area (Å²) < 4.78 is 1.69. The van der Waals surface area contributed by atoms with E-state index < -0.39 is 5.97 Å². The third kappa shape index (κ3) is 4.04. The molecule has 6 nitrogen and oxygen atoms in total. The maximum Gasteiger partial charge on any atom is 0.328 e. The van der Waals surface area contributed by atoms with Crippen LogP contribution in [0.2, 0.25) is 0 Å². The van der Waals surface area contributed by atoms with Crippen LogP contribution in [-0.4, -0.2) is 26.5 Å². The van der Waals surface area contributed by atoms with E-state index in [1.54, 1.807) is 36.3 Å². The standard InChI is InChI=1S/C15H15N3O3/c1-10-5-11(3-4-14(19)20)7-12(6-10)17-15(21)13-8-18(2)9-16-13/h3-9H,1-2H3,(H,17,21)(H,19,20)/b4-3+. The lowest BCUT2D eigenvalue weighted by Crippen LogP contribution is -2.12. The van der Waals surface area contributed by atoms with E-state index in [-0.39, 0.29) is 5.91 Å². The first-order valence-corrected chi connectivity index (χ1v) is 6.26. The molecular formula is C15H15N3O3. The zero-order chi connectivity index (χ0) is 15.4. The molecule has 0 aliphatic rings. The molecule has 0 spiro atoms. The minimum atomic E-state index is -1.02. The van der Waals surface area contributed by atoms with Crippen molar-refractivity contribution in [3.8, 4) is 0 Å². The fourth-order valence-corrected chi connectivity index (χ4v) is 1.87. The van der Waals surface area contributed by atoms with Crippen molar-refractivity contribution in [3.05, 3.63) is 53.6 Å². The molecule has 0 aliphatic heterocycles. The van der Waals surface area contributed by atoms with Crippen LogP contribution < -0.4 is 5.32 Å². The SMILES string of the molecule is Cc1cc(/C=C/C(=O)O)cc(NC(=O)c2cn(C)cn2)c1. The van der Waals surface area contributed by atoms with Gasteiger partial charge in [0, 0.05) is 25.0 Å². The molecule has 2 N–H and O–H groups in total. The van der Waals surface area contributed by atoms with Crippen molar-refractivity contribution in [3.63, 3.8) is 0 Å². The van der Waals surface area contributed by atoms with Gasteiger partial charge in [-0.25, -0.2) is 9.78 Å². The third-order valence-corrected chi connectivity index (χ3v) is 2.71. The monoisotopic (exact) mass is 285 g/mol. The predicted octanol–water partition coefficient (Wildman–Crippen LogP) is 2.08. The van der Waals surface area contributed by atoms with Crippen LogP contribution in [0.5, 0.6) is 0 Å². The molecule has 1 aromatic heterocycles. The van der Waals surface area contributed by atoms with E-state index >= 15 is 0 Å². The Labute approximate surface area is 121 Å². The largest absolute Gasteiger partial charge is 0.478 e. The first kappa shape index (κ1) is 14.5. The number of aromatic nitrogens is 2. The Morgan fingerprint density at radius 1 is 1.33 bits per heavy atom. The van der Waals surface area contributed by atoms with Gasteiger partial charge in [-0.05, 0) is 36.3 Å². The van der Waals surface area contributed by atoms with Crippen LogP contribution in [0.15, 0.2) is 36.8 Å². The highest BCUT2D eigenvalue weighted by molar-refractivity contribution is 6.03. The summed E-state index contributed by atoms with van der Waals surface area (Å²) in [5.74, 6) is -1.33. The van der Waals surface area contributed by atoms with Gasteiger partial charge in [-0.15, -0.1) is 0 Å². The summed E-state index contributed by atoms with van der Waals surface area (Å²) in [5.41, 5.74) is 2.53. The van der Waals surface area contributed by atoms with Gasteiger partial charge in [0.1, 0.15) is 5.69 Å². The summed E-state index contributed by atoms with van der Waals surface area (Å²) in [6, 6.07) is 5.34. The molecule has 2 aromatic rings. The van der Waals surface area contributed by atoms with E-state index in [0.29, 0.717) is 16.9 Å². The fourth-order valence-electron chi connectivity index (χ4n) is 1.87. The van der Waals surface area contributed by atoms with Crippen LogP contribution in [0, 0.1) is 6.92 Å². The summed E-state index contributed by atoms with van der Waals surface area (Å²) in [7, 11) is 1.78. The van der Waals surface area contributed by atoms with E-state index in [2.05, 4.69) is 10.3 Å². The summed E-state index contributed by atoms with van der Waals surface area (Å²) in [6.45, 7) is 1.87. The highest BCUT2D eigenvalue weighted by Crippen LogP contribution is 2.16. The first-order chi connectivity index (χ1) is 9.94. The number of imidazole rings is 1. The number of amides is 1. The molecule has 0 aliphatic carbocycles. The van der Waals surface area contributed by atoms with Crippen molar-refractivity contribution in [2.75, 3.05) is 5.32 Å². The molecule has 21 heavy (non-hydrogen) atoms. The van der Waals surface area contributed by atoms with Crippen LogP contribution in [0.4, 0.5) is 5.69 Å². The molecule has 2 rings (SSSR count). The number of nitrogens with zero attached hydrogens (tertiary/aromatic N) is 2. The minimum absolute atomic E-state index is 0.311. The Morgan fingerprint density at radius 3 is 2.71 bits per heavy atom. The number of benzene rings is 1. The third-order valence-electron chi connectivity index (χ3n) is 2.71. The lowest BCUT2D eigenvalue weighted by atomic mass is 10.1. The lowest BCUT2D eigenvalue weighted by Gasteiger charge is -2.06. The van der Waals surface area contributed by atoms with Gasteiger partial charge in [-0.3, -0.25) is 4.79 Å². The van der Waals surface area contributed by atoms with Gasteiger partial charge in [0.25, 0.3) is 5.91 Å². The van der Waals surface area contributed by atoms with Crippen molar-refractivity contribution in [1.29, 1.82) is 0 Å². The van der Waals surface area contributed by atoms with E-state index in [1.807, 2.05) is 13.0 Å². The second kappa shape index (κ2) is 6.04. The van der Waals surface area contributed by atoms with Gasteiger partial charge in [0.05, 0.1) is 6.33 Å². The van der Waals surface area contributed by atoms with Gasteiger partial charge in [0.15, 0.2) is 0 Å². The molecule has 1 heterocycles. The molecule has 108 valence electrons. The quantitative estimate of drug-likeness (QED) is 0.842. The lowest BCUT2D eigenvalue weighted by molar-refractivity contribution is -0.131. The molecule has 6 heteroatoms. The molecule has 0 saturated heterocycles. The molecule has 1 aromatic carbocycles. The van der Waals surface area contributed by atoms with Crippen LogP contribution >= 0.6 is 0 Å². The van der Waals surface area contributed by atoms with Crippen molar-refractivity contribution in [2.45, 2.75) is 6.92 Å².